The molecule has 1 aliphatic rings. The molecule has 0 aromatic heterocycles. The van der Waals surface area contributed by atoms with Crippen LogP contribution in [0.3, 0.4) is 0 Å². The van der Waals surface area contributed by atoms with Crippen molar-refractivity contribution in [2.24, 2.45) is 0 Å². The molecule has 18 heavy (non-hydrogen) atoms. The minimum Gasteiger partial charge on any atom is -0.366 e. The molecule has 1 heterocycles. The smallest absolute Gasteiger partial charge is 0.251 e. The first kappa shape index (κ1) is 15.4. The van der Waals surface area contributed by atoms with Gasteiger partial charge in [-0.25, -0.2) is 0 Å². The molecule has 0 spiro atoms. The van der Waals surface area contributed by atoms with Crippen molar-refractivity contribution in [1.82, 2.24) is 10.2 Å². The van der Waals surface area contributed by atoms with Crippen molar-refractivity contribution in [2.75, 3.05) is 26.2 Å². The summed E-state index contributed by atoms with van der Waals surface area (Å²) in [7, 11) is 0. The lowest BCUT2D eigenvalue weighted by Gasteiger charge is -2.24. The molecule has 0 bridgehead atoms. The predicted molar refractivity (Wildman–Crippen MR) is 73.6 cm³/mol. The molecule has 1 fully saturated rings. The lowest BCUT2D eigenvalue weighted by molar-refractivity contribution is -0.142. The topological polar surface area (TPSA) is 41.3 Å². The summed E-state index contributed by atoms with van der Waals surface area (Å²) >= 11 is 0. The second kappa shape index (κ2) is 7.10. The minimum atomic E-state index is -0.710. The van der Waals surface area contributed by atoms with Crippen molar-refractivity contribution in [3.05, 3.63) is 0 Å². The first-order valence-corrected chi connectivity index (χ1v) is 7.13. The Morgan fingerprint density at radius 1 is 1.44 bits per heavy atom. The summed E-state index contributed by atoms with van der Waals surface area (Å²) in [5.74, 6) is -0.00315. The Morgan fingerprint density at radius 2 is 2.11 bits per heavy atom. The monoisotopic (exact) mass is 256 g/mol. The molecule has 1 N–H and O–H groups in total. The van der Waals surface area contributed by atoms with Crippen molar-refractivity contribution in [3.63, 3.8) is 0 Å². The molecule has 0 saturated carbocycles. The van der Waals surface area contributed by atoms with Crippen LogP contribution in [0.25, 0.3) is 0 Å². The standard InChI is InChI=1S/C14H28N2O2/c1-5-6-11-18-14(3,4)13(17)15-8-7-12(2)16-9-10-16/h12H,5-11H2,1-4H3,(H,15,17). The van der Waals surface area contributed by atoms with Crippen LogP contribution in [0.1, 0.15) is 47.0 Å². The van der Waals surface area contributed by atoms with Crippen LogP contribution in [0.4, 0.5) is 0 Å². The molecule has 0 aromatic carbocycles. The van der Waals surface area contributed by atoms with Gasteiger partial charge in [-0.05, 0) is 33.6 Å². The van der Waals surface area contributed by atoms with Gasteiger partial charge < -0.3 is 10.1 Å². The van der Waals surface area contributed by atoms with Crippen molar-refractivity contribution >= 4 is 5.91 Å². The average molecular weight is 256 g/mol. The fourth-order valence-corrected chi connectivity index (χ4v) is 1.83. The highest BCUT2D eigenvalue weighted by molar-refractivity contribution is 5.84. The molecule has 0 aromatic rings. The van der Waals surface area contributed by atoms with Crippen molar-refractivity contribution < 1.29 is 9.53 Å². The average Bonchev–Trinajstić information content (AvgIpc) is 3.12. The van der Waals surface area contributed by atoms with Gasteiger partial charge in [0, 0.05) is 32.3 Å². The maximum absolute atomic E-state index is 12.0. The van der Waals surface area contributed by atoms with Gasteiger partial charge in [0.1, 0.15) is 5.60 Å². The third kappa shape index (κ3) is 5.36. The molecule has 0 aliphatic carbocycles. The van der Waals surface area contributed by atoms with E-state index in [0.29, 0.717) is 12.6 Å². The van der Waals surface area contributed by atoms with Crippen LogP contribution in [0.15, 0.2) is 0 Å². The van der Waals surface area contributed by atoms with Crippen LogP contribution in [0, 0.1) is 0 Å². The number of carbonyl (C=O) groups is 1. The van der Waals surface area contributed by atoms with E-state index in [1.54, 1.807) is 0 Å². The number of hydrogen-bond acceptors (Lipinski definition) is 3. The van der Waals surface area contributed by atoms with E-state index in [1.165, 1.54) is 13.1 Å². The molecule has 1 amide bonds. The Hall–Kier alpha value is -0.610. The van der Waals surface area contributed by atoms with Gasteiger partial charge in [0.05, 0.1) is 0 Å². The Kier molecular flexibility index (Phi) is 6.09. The van der Waals surface area contributed by atoms with Crippen LogP contribution in [-0.2, 0) is 9.53 Å². The van der Waals surface area contributed by atoms with Crippen LogP contribution < -0.4 is 5.32 Å². The lowest BCUT2D eigenvalue weighted by Crippen LogP contribution is -2.45. The van der Waals surface area contributed by atoms with E-state index in [1.807, 2.05) is 13.8 Å². The highest BCUT2D eigenvalue weighted by Crippen LogP contribution is 2.13. The Morgan fingerprint density at radius 3 is 2.67 bits per heavy atom. The number of hydrogen-bond donors (Lipinski definition) is 1. The summed E-state index contributed by atoms with van der Waals surface area (Å²) in [5.41, 5.74) is -0.710. The van der Waals surface area contributed by atoms with E-state index in [9.17, 15) is 4.79 Å². The van der Waals surface area contributed by atoms with Crippen LogP contribution in [0.5, 0.6) is 0 Å². The van der Waals surface area contributed by atoms with Gasteiger partial charge in [-0.2, -0.15) is 0 Å². The van der Waals surface area contributed by atoms with Gasteiger partial charge in [0.25, 0.3) is 5.91 Å². The SMILES string of the molecule is CCCCOC(C)(C)C(=O)NCCC(C)N1CC1. The van der Waals surface area contributed by atoms with Gasteiger partial charge in [-0.3, -0.25) is 9.69 Å². The second-order valence-electron chi connectivity index (χ2n) is 5.64. The van der Waals surface area contributed by atoms with Crippen molar-refractivity contribution in [2.45, 2.75) is 58.6 Å². The van der Waals surface area contributed by atoms with Gasteiger partial charge >= 0.3 is 0 Å². The zero-order valence-electron chi connectivity index (χ0n) is 12.3. The van der Waals surface area contributed by atoms with Crippen LogP contribution in [0.2, 0.25) is 0 Å². The highest BCUT2D eigenvalue weighted by atomic mass is 16.5. The number of amides is 1. The van der Waals surface area contributed by atoms with Crippen LogP contribution >= 0.6 is 0 Å². The van der Waals surface area contributed by atoms with Gasteiger partial charge in [-0.1, -0.05) is 13.3 Å². The summed E-state index contributed by atoms with van der Waals surface area (Å²) in [5, 5.41) is 2.97. The number of unbranched alkanes of at least 4 members (excludes halogenated alkanes) is 1. The third-order valence-electron chi connectivity index (χ3n) is 3.46. The highest BCUT2D eigenvalue weighted by Gasteiger charge is 2.28. The zero-order chi connectivity index (χ0) is 13.6. The first-order chi connectivity index (χ1) is 8.47. The fourth-order valence-electron chi connectivity index (χ4n) is 1.83. The summed E-state index contributed by atoms with van der Waals surface area (Å²) in [6.07, 6.45) is 3.10. The normalized spacial score (nSPS) is 17.6. The van der Waals surface area contributed by atoms with Crippen LogP contribution in [-0.4, -0.2) is 48.7 Å². The lowest BCUT2D eigenvalue weighted by atomic mass is 10.1. The fraction of sp³-hybridized carbons (Fsp3) is 0.929. The molecular weight excluding hydrogens is 228 g/mol. The summed E-state index contributed by atoms with van der Waals surface area (Å²) < 4.78 is 5.63. The van der Waals surface area contributed by atoms with E-state index >= 15 is 0 Å². The number of rotatable bonds is 9. The summed E-state index contributed by atoms with van der Waals surface area (Å²) in [4.78, 5) is 14.4. The van der Waals surface area contributed by atoms with Gasteiger partial charge in [0.2, 0.25) is 0 Å². The number of carbonyl (C=O) groups excluding carboxylic acids is 1. The quantitative estimate of drug-likeness (QED) is 0.505. The Labute approximate surface area is 111 Å². The number of nitrogens with zero attached hydrogens (tertiary/aromatic N) is 1. The molecule has 1 aliphatic heterocycles. The first-order valence-electron chi connectivity index (χ1n) is 7.13. The summed E-state index contributed by atoms with van der Waals surface area (Å²) in [6.45, 7) is 11.8. The van der Waals surface area contributed by atoms with E-state index in [0.717, 1.165) is 25.8 Å². The van der Waals surface area contributed by atoms with Gasteiger partial charge in [0.15, 0.2) is 0 Å². The molecule has 0 radical (unpaired) electrons. The molecule has 1 unspecified atom stereocenters. The second-order valence-corrected chi connectivity index (χ2v) is 5.64. The molecule has 1 saturated heterocycles. The van der Waals surface area contributed by atoms with E-state index in [2.05, 4.69) is 24.1 Å². The maximum atomic E-state index is 12.0. The Balaban J connectivity index is 2.16. The zero-order valence-corrected chi connectivity index (χ0v) is 12.3. The summed E-state index contributed by atoms with van der Waals surface area (Å²) in [6, 6.07) is 0.578. The molecule has 4 nitrogen and oxygen atoms in total. The van der Waals surface area contributed by atoms with Crippen molar-refractivity contribution in [1.29, 1.82) is 0 Å². The molecule has 4 heteroatoms. The van der Waals surface area contributed by atoms with Crippen molar-refractivity contribution in [3.8, 4) is 0 Å². The molecule has 106 valence electrons. The maximum Gasteiger partial charge on any atom is 0.251 e. The van der Waals surface area contributed by atoms with E-state index in [4.69, 9.17) is 4.74 Å². The van der Waals surface area contributed by atoms with E-state index < -0.39 is 5.60 Å². The Bertz CT molecular complexity index is 263. The molecular formula is C14H28N2O2. The third-order valence-corrected chi connectivity index (χ3v) is 3.46. The molecule has 1 atom stereocenters. The number of nitrogens with one attached hydrogen (secondary N) is 1. The minimum absolute atomic E-state index is 0.00315. The number of ether oxygens (including phenoxy) is 1. The molecule has 1 rings (SSSR count). The van der Waals surface area contributed by atoms with Gasteiger partial charge in [-0.15, -0.1) is 0 Å². The predicted octanol–water partition coefficient (Wildman–Crippen LogP) is 1.79. The largest absolute Gasteiger partial charge is 0.366 e. The van der Waals surface area contributed by atoms with E-state index in [-0.39, 0.29) is 5.91 Å².